The molecule has 0 N–H and O–H groups in total. The van der Waals surface area contributed by atoms with Crippen molar-refractivity contribution in [2.45, 2.75) is 115 Å². The number of Topliss-reactive ketones (excluding diaryl/α,β-unsaturated/α-hetero) is 1. The quantitative estimate of drug-likeness (QED) is 0.148. The highest BCUT2D eigenvalue weighted by atomic mass is 35.5. The highest BCUT2D eigenvalue weighted by Gasteiger charge is 2.42. The molecule has 0 spiro atoms. The number of hydrogen-bond acceptors (Lipinski definition) is 9. The third kappa shape index (κ3) is 8.59. The number of halogens is 2. The molecular weight excluding hydrogens is 739 g/mol. The second-order valence-electron chi connectivity index (χ2n) is 17.0. The molecule has 4 aromatic rings. The van der Waals surface area contributed by atoms with E-state index in [1.165, 1.54) is 22.3 Å². The van der Waals surface area contributed by atoms with E-state index in [1.807, 2.05) is 12.1 Å². The maximum Gasteiger partial charge on any atom is 0.179 e. The van der Waals surface area contributed by atoms with Crippen LogP contribution in [0.25, 0.3) is 0 Å². The third-order valence-electron chi connectivity index (χ3n) is 12.7. The van der Waals surface area contributed by atoms with Gasteiger partial charge in [0.1, 0.15) is 34.0 Å². The zero-order valence-corrected chi connectivity index (χ0v) is 34.9. The van der Waals surface area contributed by atoms with Crippen LogP contribution in [-0.4, -0.2) is 96.7 Å². The van der Waals surface area contributed by atoms with Crippen molar-refractivity contribution in [1.29, 1.82) is 0 Å². The Hall–Kier alpha value is -3.31. The Balaban J connectivity index is 1.09. The second-order valence-corrected chi connectivity index (χ2v) is 17.8. The number of piperidine rings is 2. The van der Waals surface area contributed by atoms with E-state index in [0.29, 0.717) is 45.4 Å². The minimum absolute atomic E-state index is 0.0572. The van der Waals surface area contributed by atoms with E-state index in [9.17, 15) is 0 Å². The topological polar surface area (TPSA) is 81.6 Å². The number of carbonyl (C=O) groups excluding carboxylic acids is 1. The second kappa shape index (κ2) is 17.3. The van der Waals surface area contributed by atoms with Gasteiger partial charge >= 0.3 is 0 Å². The molecule has 8 rings (SSSR count). The lowest BCUT2D eigenvalue weighted by Crippen LogP contribution is -2.52. The molecule has 2 unspecified atom stereocenters. The van der Waals surface area contributed by atoms with Crippen LogP contribution in [0.15, 0.2) is 60.7 Å². The molecule has 2 saturated heterocycles. The van der Waals surface area contributed by atoms with E-state index in [4.69, 9.17) is 33.2 Å². The summed E-state index contributed by atoms with van der Waals surface area (Å²) < 4.78 is 0. The molecule has 0 aliphatic carbocycles. The highest BCUT2D eigenvalue weighted by Crippen LogP contribution is 2.38. The van der Waals surface area contributed by atoms with Crippen LogP contribution >= 0.6 is 23.2 Å². The van der Waals surface area contributed by atoms with Crippen molar-refractivity contribution in [1.82, 2.24) is 39.5 Å². The first-order valence-corrected chi connectivity index (χ1v) is 21.6. The Morgan fingerprint density at radius 3 is 1.32 bits per heavy atom. The maximum atomic E-state index is 15.8. The third-order valence-corrected chi connectivity index (χ3v) is 13.1. The molecule has 0 saturated carbocycles. The van der Waals surface area contributed by atoms with Crippen molar-refractivity contribution in [2.24, 2.45) is 0 Å². The minimum atomic E-state index is -0.617. The first-order chi connectivity index (χ1) is 27.1. The normalized spacial score (nSPS) is 20.6. The first kappa shape index (κ1) is 39.5. The fourth-order valence-electron chi connectivity index (χ4n) is 9.55. The summed E-state index contributed by atoms with van der Waals surface area (Å²) in [7, 11) is 0. The maximum absolute atomic E-state index is 15.8. The molecule has 4 aliphatic heterocycles. The Kier molecular flexibility index (Phi) is 12.2. The van der Waals surface area contributed by atoms with Crippen molar-refractivity contribution in [3.8, 4) is 0 Å². The summed E-state index contributed by atoms with van der Waals surface area (Å²) >= 11 is 13.5. The van der Waals surface area contributed by atoms with Gasteiger partial charge in [0.2, 0.25) is 0 Å². The Morgan fingerprint density at radius 1 is 0.571 bits per heavy atom. The van der Waals surface area contributed by atoms with Gasteiger partial charge in [0.25, 0.3) is 0 Å². The highest BCUT2D eigenvalue weighted by molar-refractivity contribution is 6.29. The number of likely N-dealkylation sites (tertiary alicyclic amines) is 2. The van der Waals surface area contributed by atoms with Crippen LogP contribution < -0.4 is 0 Å². The molecular formula is C45H56Cl2N8O. The summed E-state index contributed by atoms with van der Waals surface area (Å²) in [5, 5.41) is 0.733. The summed E-state index contributed by atoms with van der Waals surface area (Å²) in [5.74, 6) is 1.48. The van der Waals surface area contributed by atoms with E-state index < -0.39 is 12.1 Å². The van der Waals surface area contributed by atoms with Gasteiger partial charge in [-0.2, -0.15) is 0 Å². The number of fused-ring (bicyclic) bond motifs is 2. The SMILES string of the molecule is CC(C)c1nc(Cl)cc(C(C(=O)C(c2cc(Cl)nc(C(C)C)n2)N2CCC(N3CCc4ccccc4C3)CC2)N2CCC(N3CCc4ccccc4C3)CC2)n1. The van der Waals surface area contributed by atoms with Crippen LogP contribution in [0.1, 0.15) is 123 Å². The largest absolute Gasteiger partial charge is 0.296 e. The van der Waals surface area contributed by atoms with Gasteiger partial charge in [-0.15, -0.1) is 0 Å². The summed E-state index contributed by atoms with van der Waals surface area (Å²) in [6.07, 6.45) is 6.08. The number of carbonyl (C=O) groups is 1. The van der Waals surface area contributed by atoms with Gasteiger partial charge in [-0.3, -0.25) is 24.4 Å². The molecule has 9 nitrogen and oxygen atoms in total. The van der Waals surface area contributed by atoms with Crippen LogP contribution in [0, 0.1) is 0 Å². The number of ketones is 1. The predicted octanol–water partition coefficient (Wildman–Crippen LogP) is 8.22. The van der Waals surface area contributed by atoms with Crippen LogP contribution in [-0.2, 0) is 30.7 Å². The number of nitrogens with zero attached hydrogens (tertiary/aromatic N) is 8. The standard InChI is InChI=1S/C45H56Cl2N8O/c1-29(2)44-48-37(25-39(46)50-44)41(52-21-15-35(16-22-52)54-19-13-31-9-5-7-11-33(31)27-54)43(56)42(38-26-40(47)51-45(49-38)30(3)4)53-23-17-36(18-24-53)55-20-14-32-10-6-8-12-34(32)28-55/h5-12,25-26,29-30,35-36,41-42H,13-24,27-28H2,1-4H3. The molecule has 2 aromatic carbocycles. The van der Waals surface area contributed by atoms with E-state index in [2.05, 4.69) is 106 Å². The number of hydrogen-bond donors (Lipinski definition) is 0. The Bertz CT molecular complexity index is 1870. The van der Waals surface area contributed by atoms with Crippen molar-refractivity contribution < 1.29 is 4.79 Å². The Morgan fingerprint density at radius 2 is 0.946 bits per heavy atom. The fraction of sp³-hybridized carbons (Fsp3) is 0.533. The van der Waals surface area contributed by atoms with Gasteiger partial charge in [0.05, 0.1) is 11.4 Å². The lowest BCUT2D eigenvalue weighted by Gasteiger charge is -2.45. The molecule has 2 atom stereocenters. The zero-order chi connectivity index (χ0) is 38.9. The summed E-state index contributed by atoms with van der Waals surface area (Å²) in [4.78, 5) is 45.1. The van der Waals surface area contributed by atoms with Gasteiger partial charge in [-0.25, -0.2) is 19.9 Å². The first-order valence-electron chi connectivity index (χ1n) is 20.8. The number of aromatic nitrogens is 4. The van der Waals surface area contributed by atoms with Crippen molar-refractivity contribution in [3.63, 3.8) is 0 Å². The predicted molar refractivity (Wildman–Crippen MR) is 223 cm³/mol. The molecule has 11 heteroatoms. The van der Waals surface area contributed by atoms with Gasteiger partial charge in [0.15, 0.2) is 5.78 Å². The monoisotopic (exact) mass is 794 g/mol. The van der Waals surface area contributed by atoms with E-state index >= 15 is 4.79 Å². The molecule has 0 amide bonds. The molecule has 2 fully saturated rings. The van der Waals surface area contributed by atoms with E-state index in [0.717, 1.165) is 90.9 Å². The molecule has 6 heterocycles. The van der Waals surface area contributed by atoms with Crippen LogP contribution in [0.5, 0.6) is 0 Å². The summed E-state index contributed by atoms with van der Waals surface area (Å²) in [6, 6.07) is 21.0. The van der Waals surface area contributed by atoms with E-state index in [-0.39, 0.29) is 17.6 Å². The molecule has 296 valence electrons. The fourth-order valence-corrected chi connectivity index (χ4v) is 9.95. The molecule has 4 aliphatic rings. The van der Waals surface area contributed by atoms with Gasteiger partial charge < -0.3 is 0 Å². The molecule has 0 radical (unpaired) electrons. The number of rotatable bonds is 10. The van der Waals surface area contributed by atoms with Crippen LogP contribution in [0.3, 0.4) is 0 Å². The minimum Gasteiger partial charge on any atom is -0.296 e. The average molecular weight is 796 g/mol. The van der Waals surface area contributed by atoms with Crippen molar-refractivity contribution in [2.75, 3.05) is 39.3 Å². The smallest absolute Gasteiger partial charge is 0.179 e. The summed E-state index contributed by atoms with van der Waals surface area (Å²) in [6.45, 7) is 15.5. The van der Waals surface area contributed by atoms with Crippen molar-refractivity contribution >= 4 is 29.0 Å². The lowest BCUT2D eigenvalue weighted by atomic mass is 9.90. The molecule has 2 aromatic heterocycles. The zero-order valence-electron chi connectivity index (χ0n) is 33.4. The van der Waals surface area contributed by atoms with Gasteiger partial charge in [-0.05, 0) is 72.9 Å². The molecule has 56 heavy (non-hydrogen) atoms. The summed E-state index contributed by atoms with van der Waals surface area (Å²) in [5.41, 5.74) is 7.14. The Labute approximate surface area is 342 Å². The van der Waals surface area contributed by atoms with Gasteiger partial charge in [0, 0.05) is 76.3 Å². The van der Waals surface area contributed by atoms with E-state index in [1.54, 1.807) is 0 Å². The van der Waals surface area contributed by atoms with Crippen molar-refractivity contribution in [3.05, 3.63) is 116 Å². The molecule has 0 bridgehead atoms. The van der Waals surface area contributed by atoms with Crippen LogP contribution in [0.2, 0.25) is 10.3 Å². The average Bonchev–Trinajstić information content (AvgIpc) is 3.21. The lowest BCUT2D eigenvalue weighted by molar-refractivity contribution is -0.132. The van der Waals surface area contributed by atoms with Gasteiger partial charge in [-0.1, -0.05) is 99.4 Å². The number of benzene rings is 2. The van der Waals surface area contributed by atoms with Crippen LogP contribution in [0.4, 0.5) is 0 Å².